The molecule has 0 spiro atoms. The highest BCUT2D eigenvalue weighted by Crippen LogP contribution is 2.19. The van der Waals surface area contributed by atoms with Crippen LogP contribution in [0.4, 0.5) is 4.79 Å². The zero-order valence-corrected chi connectivity index (χ0v) is 20.7. The lowest BCUT2D eigenvalue weighted by Crippen LogP contribution is -2.25. The summed E-state index contributed by atoms with van der Waals surface area (Å²) in [6.45, 7) is 2.27. The van der Waals surface area contributed by atoms with E-state index in [0.717, 1.165) is 22.7 Å². The monoisotopic (exact) mass is 497 g/mol. The highest BCUT2D eigenvalue weighted by atomic mass is 32.2. The largest absolute Gasteiger partial charge is 0.744 e. The van der Waals surface area contributed by atoms with Crippen molar-refractivity contribution in [3.8, 4) is 11.5 Å². The Labute approximate surface area is 204 Å². The van der Waals surface area contributed by atoms with Crippen LogP contribution in [-0.4, -0.2) is 42.6 Å². The topological polar surface area (TPSA) is 105 Å². The number of ether oxygens (including phenoxy) is 2. The van der Waals surface area contributed by atoms with Gasteiger partial charge in [-0.2, -0.15) is 0 Å². The third-order valence-corrected chi connectivity index (χ3v) is 5.87. The maximum absolute atomic E-state index is 11.5. The third kappa shape index (κ3) is 7.05. The lowest BCUT2D eigenvalue weighted by molar-refractivity contribution is -0.511. The van der Waals surface area contributed by atoms with Gasteiger partial charge in [0.2, 0.25) is 0 Å². The van der Waals surface area contributed by atoms with Crippen LogP contribution in [0.25, 0.3) is 5.65 Å². The third-order valence-electron chi connectivity index (χ3n) is 5.02. The minimum absolute atomic E-state index is 0.178. The number of amides is 1. The van der Waals surface area contributed by atoms with Crippen molar-refractivity contribution in [1.29, 1.82) is 0 Å². The number of carbonyl (C=O) groups is 1. The van der Waals surface area contributed by atoms with Gasteiger partial charge in [0, 0.05) is 20.2 Å². The van der Waals surface area contributed by atoms with Gasteiger partial charge in [-0.25, -0.2) is 22.2 Å². The van der Waals surface area contributed by atoms with E-state index < -0.39 is 16.2 Å². The summed E-state index contributed by atoms with van der Waals surface area (Å²) in [5.74, 6) is 1.20. The molecule has 0 unspecified atom stereocenters. The Balaban J connectivity index is 0.000000261. The van der Waals surface area contributed by atoms with E-state index in [1.165, 1.54) is 17.0 Å². The molecule has 184 valence electrons. The van der Waals surface area contributed by atoms with Crippen LogP contribution in [-0.2, 0) is 23.8 Å². The Morgan fingerprint density at radius 2 is 1.63 bits per heavy atom. The molecule has 2 aromatic heterocycles. The van der Waals surface area contributed by atoms with Gasteiger partial charge >= 0.3 is 6.09 Å². The van der Waals surface area contributed by atoms with E-state index >= 15 is 0 Å². The number of benzene rings is 2. The number of rotatable bonds is 5. The molecule has 1 amide bonds. The molecule has 0 aliphatic heterocycles. The van der Waals surface area contributed by atoms with Gasteiger partial charge < -0.3 is 18.9 Å². The van der Waals surface area contributed by atoms with E-state index in [0.29, 0.717) is 12.4 Å². The fourth-order valence-corrected chi connectivity index (χ4v) is 3.50. The van der Waals surface area contributed by atoms with Gasteiger partial charge in [0.1, 0.15) is 27.8 Å². The molecule has 0 bridgehead atoms. The predicted octanol–water partition coefficient (Wildman–Crippen LogP) is 3.30. The first-order chi connectivity index (χ1) is 16.5. The van der Waals surface area contributed by atoms with Crippen LogP contribution < -0.4 is 13.9 Å². The van der Waals surface area contributed by atoms with Crippen LogP contribution in [0.1, 0.15) is 11.3 Å². The fraction of sp³-hybridized carbons (Fsp3) is 0.200. The lowest BCUT2D eigenvalue weighted by Gasteiger charge is -2.11. The predicted molar refractivity (Wildman–Crippen MR) is 128 cm³/mol. The number of fused-ring (bicyclic) bond motifs is 1. The van der Waals surface area contributed by atoms with Crippen molar-refractivity contribution in [3.05, 3.63) is 90.4 Å². The molecule has 35 heavy (non-hydrogen) atoms. The zero-order chi connectivity index (χ0) is 25.6. The molecular weight excluding hydrogens is 470 g/mol. The number of hydrogen-bond acceptors (Lipinski definition) is 6. The van der Waals surface area contributed by atoms with Crippen LogP contribution in [0.2, 0.25) is 0 Å². The summed E-state index contributed by atoms with van der Waals surface area (Å²) in [7, 11) is 1.02. The quantitative estimate of drug-likeness (QED) is 0.310. The highest BCUT2D eigenvalue weighted by molar-refractivity contribution is 7.85. The maximum Gasteiger partial charge on any atom is 0.414 e. The summed E-state index contributed by atoms with van der Waals surface area (Å²) < 4.78 is 46.3. The molecule has 4 rings (SSSR count). The number of aromatic nitrogens is 2. The van der Waals surface area contributed by atoms with Crippen molar-refractivity contribution in [2.24, 2.45) is 7.05 Å². The van der Waals surface area contributed by atoms with Gasteiger partial charge in [0.15, 0.2) is 12.3 Å². The molecule has 4 aromatic rings. The number of aryl methyl sites for hydroxylation is 2. The second-order valence-electron chi connectivity index (χ2n) is 7.94. The highest BCUT2D eigenvalue weighted by Gasteiger charge is 2.14. The van der Waals surface area contributed by atoms with Crippen molar-refractivity contribution >= 4 is 21.9 Å². The Morgan fingerprint density at radius 3 is 2.20 bits per heavy atom. The van der Waals surface area contributed by atoms with Crippen molar-refractivity contribution in [2.45, 2.75) is 18.4 Å². The molecule has 0 aliphatic carbocycles. The van der Waals surface area contributed by atoms with Crippen molar-refractivity contribution in [1.82, 2.24) is 9.47 Å². The fourth-order valence-electron chi connectivity index (χ4n) is 3.03. The minimum atomic E-state index is -4.27. The first kappa shape index (κ1) is 25.7. The number of imidazole rings is 1. The maximum atomic E-state index is 11.5. The summed E-state index contributed by atoms with van der Waals surface area (Å²) in [6.07, 6.45) is 3.64. The molecule has 2 aromatic carbocycles. The lowest BCUT2D eigenvalue weighted by atomic mass is 10.2. The molecule has 0 saturated heterocycles. The number of pyridine rings is 1. The molecule has 0 radical (unpaired) electrons. The van der Waals surface area contributed by atoms with Gasteiger partial charge in [-0.15, -0.1) is 0 Å². The van der Waals surface area contributed by atoms with Crippen LogP contribution in [0, 0.1) is 6.92 Å². The molecular formula is C25H27N3O6S. The molecule has 10 heteroatoms. The van der Waals surface area contributed by atoms with Crippen LogP contribution >= 0.6 is 0 Å². The SMILES string of the molecule is CN(C)C(=O)Oc1ccc(OCc2c[n+]3ccccc3n2C)cc1.Cc1ccc(S(=O)(=O)[O-])cc1. The van der Waals surface area contributed by atoms with Gasteiger partial charge in [-0.05, 0) is 49.4 Å². The van der Waals surface area contributed by atoms with E-state index in [9.17, 15) is 17.8 Å². The van der Waals surface area contributed by atoms with Crippen LogP contribution in [0.3, 0.4) is 0 Å². The molecule has 0 atom stereocenters. The first-order valence-corrected chi connectivity index (χ1v) is 12.0. The van der Waals surface area contributed by atoms with Crippen LogP contribution in [0.5, 0.6) is 11.5 Å². The number of carbonyl (C=O) groups excluding carboxylic acids is 1. The standard InChI is InChI=1S/C18H20N3O3.C7H8O3S/c1-19(2)18(22)24-16-9-7-15(8-10-16)23-13-14-12-21-11-5-4-6-17(21)20(14)3;1-6-2-4-7(5-3-6)11(8,9)10/h4-12H,13H2,1-3H3;2-5H,1H3,(H,8,9,10)/q+1;/p-1. The molecule has 0 N–H and O–H groups in total. The second-order valence-corrected chi connectivity index (χ2v) is 9.31. The van der Waals surface area contributed by atoms with E-state index in [4.69, 9.17) is 9.47 Å². The van der Waals surface area contributed by atoms with Crippen molar-refractivity contribution < 1.29 is 31.6 Å². The molecule has 0 saturated carbocycles. The summed E-state index contributed by atoms with van der Waals surface area (Å²) in [6, 6.07) is 18.8. The van der Waals surface area contributed by atoms with E-state index in [1.54, 1.807) is 50.5 Å². The summed E-state index contributed by atoms with van der Waals surface area (Å²) in [4.78, 5) is 12.7. The Hall–Kier alpha value is -3.89. The first-order valence-electron chi connectivity index (χ1n) is 10.6. The molecule has 0 aliphatic rings. The van der Waals surface area contributed by atoms with E-state index in [1.807, 2.05) is 38.5 Å². The Kier molecular flexibility index (Phi) is 8.10. The van der Waals surface area contributed by atoms with Gasteiger partial charge in [-0.1, -0.05) is 23.8 Å². The van der Waals surface area contributed by atoms with Gasteiger partial charge in [0.25, 0.3) is 5.65 Å². The Bertz CT molecular complexity index is 1400. The normalized spacial score (nSPS) is 10.9. The number of hydrogen-bond donors (Lipinski definition) is 0. The smallest absolute Gasteiger partial charge is 0.414 e. The van der Waals surface area contributed by atoms with Crippen molar-refractivity contribution in [2.75, 3.05) is 14.1 Å². The molecule has 0 fully saturated rings. The zero-order valence-electron chi connectivity index (χ0n) is 19.9. The minimum Gasteiger partial charge on any atom is -0.744 e. The average molecular weight is 498 g/mol. The van der Waals surface area contributed by atoms with Crippen LogP contribution in [0.15, 0.2) is 84.0 Å². The Morgan fingerprint density at radius 1 is 1.00 bits per heavy atom. The summed E-state index contributed by atoms with van der Waals surface area (Å²) in [5.41, 5.74) is 3.09. The molecule has 2 heterocycles. The van der Waals surface area contributed by atoms with E-state index in [-0.39, 0.29) is 4.90 Å². The average Bonchev–Trinajstić information content (AvgIpc) is 3.14. The number of nitrogens with zero attached hydrogens (tertiary/aromatic N) is 3. The van der Waals surface area contributed by atoms with Crippen molar-refractivity contribution in [3.63, 3.8) is 0 Å². The summed E-state index contributed by atoms with van der Waals surface area (Å²) >= 11 is 0. The van der Waals surface area contributed by atoms with Gasteiger partial charge in [0.05, 0.1) is 18.1 Å². The van der Waals surface area contributed by atoms with Gasteiger partial charge in [-0.3, -0.25) is 0 Å². The molecule has 9 nitrogen and oxygen atoms in total. The van der Waals surface area contributed by atoms with E-state index in [2.05, 4.69) is 15.0 Å². The summed E-state index contributed by atoms with van der Waals surface area (Å²) in [5, 5.41) is 0. The second kappa shape index (κ2) is 11.0.